The highest BCUT2D eigenvalue weighted by molar-refractivity contribution is 6.30. The number of halogens is 2. The Bertz CT molecular complexity index is 1030. The van der Waals surface area contributed by atoms with Crippen LogP contribution in [0.25, 0.3) is 11.3 Å². The van der Waals surface area contributed by atoms with Crippen molar-refractivity contribution in [1.29, 1.82) is 0 Å². The van der Waals surface area contributed by atoms with Crippen LogP contribution in [-0.2, 0) is 0 Å². The molecule has 0 atom stereocenters. The number of nitrogens with zero attached hydrogens (tertiary/aromatic N) is 2. The first kappa shape index (κ1) is 18.2. The molecule has 2 N–H and O–H groups in total. The summed E-state index contributed by atoms with van der Waals surface area (Å²) in [4.78, 5) is 21.6. The minimum Gasteiger partial charge on any atom is -0.490 e. The van der Waals surface area contributed by atoms with Gasteiger partial charge in [-0.3, -0.25) is 4.90 Å². The zero-order valence-corrected chi connectivity index (χ0v) is 15.5. The van der Waals surface area contributed by atoms with Crippen molar-refractivity contribution in [2.45, 2.75) is 6.42 Å². The smallest absolute Gasteiger partial charge is 0.327 e. The van der Waals surface area contributed by atoms with E-state index in [2.05, 4.69) is 15.3 Å². The number of anilines is 2. The Morgan fingerprint density at radius 3 is 2.96 bits per heavy atom. The molecular formula is C20H17ClFN4O2+. The van der Waals surface area contributed by atoms with E-state index in [9.17, 15) is 9.18 Å². The average Bonchev–Trinajstić information content (AvgIpc) is 2.90. The summed E-state index contributed by atoms with van der Waals surface area (Å²) < 4.78 is 19.1. The molecule has 0 aliphatic carbocycles. The minimum absolute atomic E-state index is 0.322. The number of aromatic nitrogens is 2. The average molecular weight is 400 g/mol. The van der Waals surface area contributed by atoms with E-state index in [0.717, 1.165) is 5.56 Å². The number of pyridine rings is 2. The number of aromatic amines is 1. The molecule has 3 aromatic rings. The van der Waals surface area contributed by atoms with E-state index in [1.54, 1.807) is 18.2 Å². The van der Waals surface area contributed by atoms with E-state index in [-0.39, 0.29) is 0 Å². The molecule has 1 aromatic carbocycles. The summed E-state index contributed by atoms with van der Waals surface area (Å²) in [6.07, 6.45) is 3.35. The monoisotopic (exact) mass is 399 g/mol. The predicted octanol–water partition coefficient (Wildman–Crippen LogP) is 4.18. The molecule has 142 valence electrons. The Kier molecular flexibility index (Phi) is 5.08. The molecule has 2 aromatic heterocycles. The van der Waals surface area contributed by atoms with Crippen LogP contribution in [0, 0.1) is 5.82 Å². The number of urea groups is 1. The lowest BCUT2D eigenvalue weighted by molar-refractivity contribution is -0.379. The van der Waals surface area contributed by atoms with Crippen LogP contribution in [0.15, 0.2) is 54.9 Å². The number of hydrogen-bond donors (Lipinski definition) is 1. The Hall–Kier alpha value is -3.19. The van der Waals surface area contributed by atoms with Gasteiger partial charge >= 0.3 is 6.03 Å². The first-order valence-electron chi connectivity index (χ1n) is 8.75. The summed E-state index contributed by atoms with van der Waals surface area (Å²) in [5, 5.41) is 3.29. The fourth-order valence-corrected chi connectivity index (χ4v) is 3.16. The zero-order chi connectivity index (χ0) is 19.5. The van der Waals surface area contributed by atoms with Crippen molar-refractivity contribution >= 4 is 29.1 Å². The van der Waals surface area contributed by atoms with Gasteiger partial charge in [0.05, 0.1) is 12.3 Å². The number of H-pyrrole nitrogens is 1. The highest BCUT2D eigenvalue weighted by Gasteiger charge is 2.25. The first-order chi connectivity index (χ1) is 13.6. The minimum atomic E-state index is -0.473. The lowest BCUT2D eigenvalue weighted by Crippen LogP contribution is -2.36. The number of hydrogen-bond acceptors (Lipinski definition) is 3. The summed E-state index contributed by atoms with van der Waals surface area (Å²) in [7, 11) is 0. The first-order valence-corrected chi connectivity index (χ1v) is 9.13. The molecule has 6 nitrogen and oxygen atoms in total. The van der Waals surface area contributed by atoms with Gasteiger partial charge in [0.2, 0.25) is 6.20 Å². The van der Waals surface area contributed by atoms with E-state index in [1.807, 2.05) is 18.2 Å². The maximum absolute atomic E-state index is 13.4. The summed E-state index contributed by atoms with van der Waals surface area (Å²) >= 11 is 6.09. The Balaban J connectivity index is 1.68. The van der Waals surface area contributed by atoms with Crippen molar-refractivity contribution in [2.24, 2.45) is 0 Å². The maximum atomic E-state index is 13.4. The van der Waals surface area contributed by atoms with Gasteiger partial charge in [-0.25, -0.2) is 19.2 Å². The Morgan fingerprint density at radius 2 is 2.14 bits per heavy atom. The van der Waals surface area contributed by atoms with Gasteiger partial charge in [-0.15, -0.1) is 0 Å². The molecule has 28 heavy (non-hydrogen) atoms. The lowest BCUT2D eigenvalue weighted by atomic mass is 10.1. The van der Waals surface area contributed by atoms with Crippen molar-refractivity contribution in [3.8, 4) is 17.0 Å². The number of carbonyl (C=O) groups excluding carboxylic acids is 1. The highest BCUT2D eigenvalue weighted by atomic mass is 35.5. The fraction of sp³-hybridized carbons (Fsp3) is 0.150. The quantitative estimate of drug-likeness (QED) is 0.703. The number of benzene rings is 1. The molecular weight excluding hydrogens is 383 g/mol. The van der Waals surface area contributed by atoms with Crippen LogP contribution >= 0.6 is 11.6 Å². The summed E-state index contributed by atoms with van der Waals surface area (Å²) in [6.45, 7) is 0.895. The number of rotatable bonds is 2. The third-order valence-corrected chi connectivity index (χ3v) is 4.48. The summed E-state index contributed by atoms with van der Waals surface area (Å²) in [5.41, 5.74) is 1.82. The normalized spacial score (nSPS) is 13.3. The van der Waals surface area contributed by atoms with Crippen LogP contribution in [0.3, 0.4) is 0 Å². The number of carbonyl (C=O) groups is 1. The van der Waals surface area contributed by atoms with Crippen molar-refractivity contribution < 1.29 is 18.9 Å². The Labute approximate surface area is 165 Å². The molecule has 3 heterocycles. The van der Waals surface area contributed by atoms with E-state index in [0.29, 0.717) is 47.5 Å². The molecule has 1 aliphatic heterocycles. The Morgan fingerprint density at radius 1 is 1.25 bits per heavy atom. The van der Waals surface area contributed by atoms with Crippen LogP contribution in [0.4, 0.5) is 20.7 Å². The van der Waals surface area contributed by atoms with Gasteiger partial charge in [0, 0.05) is 23.2 Å². The molecule has 1 aliphatic rings. The summed E-state index contributed by atoms with van der Waals surface area (Å²) in [6, 6.07) is 11.8. The second-order valence-electron chi connectivity index (χ2n) is 6.25. The van der Waals surface area contributed by atoms with Gasteiger partial charge in [-0.1, -0.05) is 23.7 Å². The second kappa shape index (κ2) is 7.82. The SMILES string of the molecule is O=C(Nc1c[nH+]cc(F)c1)N1CCCOc2ccc(-c3cccc(Cl)c3)nc21. The third-order valence-electron chi connectivity index (χ3n) is 4.25. The molecule has 0 saturated carbocycles. The molecule has 8 heteroatoms. The van der Waals surface area contributed by atoms with Crippen LogP contribution in [0.1, 0.15) is 6.42 Å². The van der Waals surface area contributed by atoms with E-state index < -0.39 is 11.8 Å². The molecule has 0 unspecified atom stereocenters. The standard InChI is InChI=1S/C20H16ClFN4O2/c21-14-4-1-3-13(9-14)17-5-6-18-19(25-17)26(7-2-8-28-18)20(27)24-16-10-15(22)11-23-12-16/h1,3-6,9-12H,2,7-8H2,(H,24,27)/p+1. The van der Waals surface area contributed by atoms with Crippen molar-refractivity contribution in [1.82, 2.24) is 4.98 Å². The highest BCUT2D eigenvalue weighted by Crippen LogP contribution is 2.33. The number of ether oxygens (including phenoxy) is 1. The van der Waals surface area contributed by atoms with Crippen molar-refractivity contribution in [3.05, 3.63) is 65.7 Å². The van der Waals surface area contributed by atoms with Gasteiger partial charge < -0.3 is 10.1 Å². The maximum Gasteiger partial charge on any atom is 0.327 e. The van der Waals surface area contributed by atoms with Gasteiger partial charge in [-0.2, -0.15) is 0 Å². The summed E-state index contributed by atoms with van der Waals surface area (Å²) in [5.74, 6) is 0.454. The predicted molar refractivity (Wildman–Crippen MR) is 104 cm³/mol. The zero-order valence-electron chi connectivity index (χ0n) is 14.8. The second-order valence-corrected chi connectivity index (χ2v) is 6.69. The third kappa shape index (κ3) is 3.89. The topological polar surface area (TPSA) is 68.6 Å². The molecule has 0 spiro atoms. The van der Waals surface area contributed by atoms with Crippen LogP contribution in [0.5, 0.6) is 5.75 Å². The van der Waals surface area contributed by atoms with E-state index in [1.165, 1.54) is 23.4 Å². The molecule has 2 amide bonds. The lowest BCUT2D eigenvalue weighted by Gasteiger charge is -2.21. The molecule has 0 fully saturated rings. The van der Waals surface area contributed by atoms with Gasteiger partial charge in [0.25, 0.3) is 0 Å². The van der Waals surface area contributed by atoms with Gasteiger partial charge in [0.1, 0.15) is 5.69 Å². The number of nitrogens with one attached hydrogen (secondary N) is 2. The number of amides is 2. The van der Waals surface area contributed by atoms with Crippen molar-refractivity contribution in [2.75, 3.05) is 23.4 Å². The van der Waals surface area contributed by atoms with Crippen LogP contribution in [0.2, 0.25) is 5.02 Å². The number of fused-ring (bicyclic) bond motifs is 1. The van der Waals surface area contributed by atoms with Gasteiger partial charge in [-0.05, 0) is 30.7 Å². The largest absolute Gasteiger partial charge is 0.490 e. The molecule has 4 rings (SSSR count). The van der Waals surface area contributed by atoms with Gasteiger partial charge in [0.15, 0.2) is 23.6 Å². The molecule has 0 bridgehead atoms. The van der Waals surface area contributed by atoms with E-state index >= 15 is 0 Å². The molecule has 0 radical (unpaired) electrons. The van der Waals surface area contributed by atoms with E-state index in [4.69, 9.17) is 16.3 Å². The van der Waals surface area contributed by atoms with Crippen molar-refractivity contribution in [3.63, 3.8) is 0 Å². The fourth-order valence-electron chi connectivity index (χ4n) is 2.96. The van der Waals surface area contributed by atoms with Crippen LogP contribution in [-0.4, -0.2) is 24.2 Å². The molecule has 0 saturated heterocycles. The van der Waals surface area contributed by atoms with Crippen LogP contribution < -0.4 is 19.9 Å².